The first-order valence-corrected chi connectivity index (χ1v) is 13.8. The second-order valence-electron chi connectivity index (χ2n) is 10.2. The van der Waals surface area contributed by atoms with Crippen LogP contribution in [0.3, 0.4) is 0 Å². The topological polar surface area (TPSA) is 29.1 Å². The highest BCUT2D eigenvalue weighted by atomic mass is 35.5. The molecule has 0 aliphatic carbocycles. The van der Waals surface area contributed by atoms with Gasteiger partial charge in [-0.15, -0.1) is 0 Å². The molecule has 0 saturated carbocycles. The summed E-state index contributed by atoms with van der Waals surface area (Å²) in [5.41, 5.74) is 1.31. The Morgan fingerprint density at radius 1 is 0.824 bits per heavy atom. The molecule has 0 saturated heterocycles. The van der Waals surface area contributed by atoms with Gasteiger partial charge in [0.2, 0.25) is 5.91 Å². The van der Waals surface area contributed by atoms with Crippen molar-refractivity contribution in [1.29, 1.82) is 0 Å². The van der Waals surface area contributed by atoms with E-state index in [4.69, 9.17) is 0 Å². The lowest BCUT2D eigenvalue weighted by Crippen LogP contribution is -3.00. The summed E-state index contributed by atoms with van der Waals surface area (Å²) < 4.78 is 0.776. The molecule has 0 bridgehead atoms. The Hall–Kier alpha value is -1.32. The van der Waals surface area contributed by atoms with Crippen LogP contribution >= 0.6 is 0 Å². The van der Waals surface area contributed by atoms with Gasteiger partial charge in [-0.3, -0.25) is 4.79 Å². The molecule has 1 unspecified atom stereocenters. The monoisotopic (exact) mass is 492 g/mol. The van der Waals surface area contributed by atoms with Crippen LogP contribution in [-0.2, 0) is 11.3 Å². The van der Waals surface area contributed by atoms with Crippen LogP contribution in [0.4, 0.5) is 0 Å². The van der Waals surface area contributed by atoms with Gasteiger partial charge in [0.1, 0.15) is 6.54 Å². The van der Waals surface area contributed by atoms with E-state index in [1.807, 2.05) is 0 Å². The van der Waals surface area contributed by atoms with E-state index in [-0.39, 0.29) is 24.5 Å². The van der Waals surface area contributed by atoms with E-state index >= 15 is 0 Å². The first-order valence-electron chi connectivity index (χ1n) is 13.8. The zero-order valence-corrected chi connectivity index (χ0v) is 23.4. The molecule has 0 aliphatic heterocycles. The molecule has 1 aromatic rings. The molecule has 0 aromatic heterocycles. The van der Waals surface area contributed by atoms with E-state index < -0.39 is 0 Å². The molecular formula is C30H53ClN2O. The minimum atomic E-state index is 0. The van der Waals surface area contributed by atoms with Gasteiger partial charge in [0.15, 0.2) is 6.17 Å². The van der Waals surface area contributed by atoms with Gasteiger partial charge in [0.25, 0.3) is 0 Å². The van der Waals surface area contributed by atoms with Gasteiger partial charge in [-0.05, 0) is 32.1 Å². The van der Waals surface area contributed by atoms with Gasteiger partial charge < -0.3 is 22.2 Å². The average molecular weight is 493 g/mol. The maximum absolute atomic E-state index is 12.5. The molecule has 0 radical (unpaired) electrons. The number of benzene rings is 1. The fourth-order valence-corrected chi connectivity index (χ4v) is 4.55. The van der Waals surface area contributed by atoms with Crippen LogP contribution in [-0.4, -0.2) is 30.7 Å². The van der Waals surface area contributed by atoms with Crippen molar-refractivity contribution >= 4 is 5.91 Å². The molecule has 1 aromatic carbocycles. The minimum Gasteiger partial charge on any atom is -1.00 e. The first kappa shape index (κ1) is 32.7. The van der Waals surface area contributed by atoms with Crippen LogP contribution in [0.5, 0.6) is 0 Å². The van der Waals surface area contributed by atoms with Crippen molar-refractivity contribution in [2.75, 3.05) is 14.1 Å². The highest BCUT2D eigenvalue weighted by molar-refractivity contribution is 5.75. The molecule has 1 atom stereocenters. The summed E-state index contributed by atoms with van der Waals surface area (Å²) in [6.45, 7) is 5.36. The molecule has 196 valence electrons. The molecule has 1 rings (SSSR count). The Morgan fingerprint density at radius 3 is 1.91 bits per heavy atom. The summed E-state index contributed by atoms with van der Waals surface area (Å²) >= 11 is 0. The molecular weight excluding hydrogens is 440 g/mol. The van der Waals surface area contributed by atoms with Crippen LogP contribution in [0, 0.1) is 0 Å². The van der Waals surface area contributed by atoms with Crippen molar-refractivity contribution in [3.05, 3.63) is 48.0 Å². The van der Waals surface area contributed by atoms with Gasteiger partial charge in [0, 0.05) is 18.4 Å². The van der Waals surface area contributed by atoms with Gasteiger partial charge in [-0.2, -0.15) is 0 Å². The van der Waals surface area contributed by atoms with Crippen LogP contribution in [0.15, 0.2) is 42.5 Å². The molecule has 4 heteroatoms. The SMILES string of the molecule is CCCCCCCC/C=C\CCCCCCCC(=O)NC(CC)[N+](C)(C)Cc1ccccc1.[Cl-]. The lowest BCUT2D eigenvalue weighted by atomic mass is 10.1. The zero-order chi connectivity index (χ0) is 24.2. The van der Waals surface area contributed by atoms with Crippen molar-refractivity contribution in [3.63, 3.8) is 0 Å². The average Bonchev–Trinajstić information content (AvgIpc) is 2.80. The number of rotatable bonds is 20. The van der Waals surface area contributed by atoms with E-state index in [1.165, 1.54) is 76.2 Å². The highest BCUT2D eigenvalue weighted by Crippen LogP contribution is 2.16. The number of unbranched alkanes of at least 4 members (excludes halogenated alkanes) is 11. The largest absolute Gasteiger partial charge is 1.00 e. The molecule has 1 amide bonds. The third-order valence-electron chi connectivity index (χ3n) is 6.66. The van der Waals surface area contributed by atoms with E-state index in [9.17, 15) is 4.79 Å². The molecule has 34 heavy (non-hydrogen) atoms. The van der Waals surface area contributed by atoms with E-state index in [1.54, 1.807) is 0 Å². The van der Waals surface area contributed by atoms with Crippen molar-refractivity contribution in [2.24, 2.45) is 0 Å². The van der Waals surface area contributed by atoms with Crippen LogP contribution in [0.2, 0.25) is 0 Å². The summed E-state index contributed by atoms with van der Waals surface area (Å²) in [5, 5.41) is 3.30. The second-order valence-corrected chi connectivity index (χ2v) is 10.2. The van der Waals surface area contributed by atoms with Gasteiger partial charge in [0.05, 0.1) is 14.1 Å². The van der Waals surface area contributed by atoms with Gasteiger partial charge in [-0.1, -0.05) is 108 Å². The maximum atomic E-state index is 12.5. The third-order valence-corrected chi connectivity index (χ3v) is 6.66. The normalized spacial score (nSPS) is 12.5. The standard InChI is InChI=1S/C30H52N2O.ClH/c1-5-7-8-9-10-11-12-13-14-15-16-17-18-19-23-26-30(33)31-29(6-2)32(3,4)27-28-24-21-20-22-25-28;/h13-14,20-22,24-25,29H,5-12,15-19,23,26-27H2,1-4H3;1H/b14-13-;. The number of hydrogen-bond acceptors (Lipinski definition) is 1. The number of nitrogens with one attached hydrogen (secondary N) is 1. The fourth-order valence-electron chi connectivity index (χ4n) is 4.55. The Balaban J connectivity index is 0.0000109. The molecule has 0 aliphatic rings. The van der Waals surface area contributed by atoms with Crippen LogP contribution in [0.1, 0.15) is 116 Å². The van der Waals surface area contributed by atoms with Crippen molar-refractivity contribution in [3.8, 4) is 0 Å². The third kappa shape index (κ3) is 16.3. The highest BCUT2D eigenvalue weighted by Gasteiger charge is 2.28. The lowest BCUT2D eigenvalue weighted by molar-refractivity contribution is -0.930. The van der Waals surface area contributed by atoms with Crippen molar-refractivity contribution < 1.29 is 21.7 Å². The van der Waals surface area contributed by atoms with E-state index in [0.717, 1.165) is 30.3 Å². The summed E-state index contributed by atoms with van der Waals surface area (Å²) in [5.74, 6) is 0.207. The number of carbonyl (C=O) groups is 1. The number of hydrogen-bond donors (Lipinski definition) is 1. The van der Waals surface area contributed by atoms with Gasteiger partial charge >= 0.3 is 0 Å². The number of nitrogens with zero attached hydrogens (tertiary/aromatic N) is 1. The number of quaternary nitrogens is 1. The van der Waals surface area contributed by atoms with Crippen LogP contribution in [0.25, 0.3) is 0 Å². The number of halogens is 1. The number of allylic oxidation sites excluding steroid dienone is 2. The fraction of sp³-hybridized carbons (Fsp3) is 0.700. The molecule has 3 nitrogen and oxygen atoms in total. The lowest BCUT2D eigenvalue weighted by Gasteiger charge is -2.38. The Bertz CT molecular complexity index is 630. The summed E-state index contributed by atoms with van der Waals surface area (Å²) in [6.07, 6.45) is 23.2. The molecule has 0 spiro atoms. The Kier molecular flexibility index (Phi) is 20.2. The summed E-state index contributed by atoms with van der Waals surface area (Å²) in [4.78, 5) is 12.5. The Labute approximate surface area is 217 Å². The summed E-state index contributed by atoms with van der Waals surface area (Å²) in [6, 6.07) is 10.6. The van der Waals surface area contributed by atoms with E-state index in [2.05, 4.69) is 75.7 Å². The second kappa shape index (κ2) is 21.0. The molecule has 0 heterocycles. The van der Waals surface area contributed by atoms with Crippen molar-refractivity contribution in [1.82, 2.24) is 5.32 Å². The zero-order valence-electron chi connectivity index (χ0n) is 22.7. The quantitative estimate of drug-likeness (QED) is 0.116. The predicted molar refractivity (Wildman–Crippen MR) is 144 cm³/mol. The smallest absolute Gasteiger partial charge is 0.224 e. The molecule has 0 fully saturated rings. The van der Waals surface area contributed by atoms with E-state index in [0.29, 0.717) is 6.42 Å². The number of amides is 1. The number of carbonyl (C=O) groups excluding carboxylic acids is 1. The predicted octanol–water partition coefficient (Wildman–Crippen LogP) is 5.16. The summed E-state index contributed by atoms with van der Waals surface area (Å²) in [7, 11) is 4.42. The molecule has 1 N–H and O–H groups in total. The first-order chi connectivity index (χ1) is 16.0. The maximum Gasteiger partial charge on any atom is 0.224 e. The van der Waals surface area contributed by atoms with Gasteiger partial charge in [-0.25, -0.2) is 0 Å². The van der Waals surface area contributed by atoms with Crippen LogP contribution < -0.4 is 17.7 Å². The minimum absolute atomic E-state index is 0. The van der Waals surface area contributed by atoms with Crippen molar-refractivity contribution in [2.45, 2.75) is 123 Å². The Morgan fingerprint density at radius 2 is 1.35 bits per heavy atom.